The second kappa shape index (κ2) is 16.1. The first-order valence-electron chi connectivity index (χ1n) is 8.62. The van der Waals surface area contributed by atoms with E-state index in [1.807, 2.05) is 0 Å². The van der Waals surface area contributed by atoms with Crippen LogP contribution in [-0.4, -0.2) is 4.86 Å². The molecule has 0 fully saturated rings. The van der Waals surface area contributed by atoms with Crippen LogP contribution >= 0.6 is 12.2 Å². The predicted molar refractivity (Wildman–Crippen MR) is 92.9 cm³/mol. The molecule has 0 saturated carbocycles. The zero-order valence-corrected chi connectivity index (χ0v) is 14.0. The molecule has 0 rings (SSSR count). The van der Waals surface area contributed by atoms with E-state index in [2.05, 4.69) is 13.8 Å². The molecular weight excluding hydrogens is 248 g/mol. The summed E-state index contributed by atoms with van der Waals surface area (Å²) in [6, 6.07) is 0. The summed E-state index contributed by atoms with van der Waals surface area (Å²) in [6.45, 7) is 6.15. The molecule has 0 bridgehead atoms. The smallest absolute Gasteiger partial charge is 0.00715 e. The Morgan fingerprint density at radius 1 is 0.684 bits per heavy atom. The van der Waals surface area contributed by atoms with E-state index in [4.69, 9.17) is 12.2 Å². The molecule has 0 amide bonds. The van der Waals surface area contributed by atoms with Crippen LogP contribution in [0.3, 0.4) is 0 Å². The van der Waals surface area contributed by atoms with Crippen molar-refractivity contribution in [1.82, 2.24) is 0 Å². The fourth-order valence-corrected chi connectivity index (χ4v) is 2.72. The van der Waals surface area contributed by atoms with Crippen molar-refractivity contribution >= 4 is 17.1 Å². The maximum Gasteiger partial charge on any atom is -0.00715 e. The van der Waals surface area contributed by atoms with Crippen molar-refractivity contribution in [3.05, 3.63) is 6.92 Å². The molecule has 0 heterocycles. The van der Waals surface area contributed by atoms with E-state index in [1.54, 1.807) is 0 Å². The molecule has 1 radical (unpaired) electrons. The summed E-state index contributed by atoms with van der Waals surface area (Å²) >= 11 is 5.45. The Morgan fingerprint density at radius 2 is 1.11 bits per heavy atom. The number of rotatable bonds is 15. The van der Waals surface area contributed by atoms with Gasteiger partial charge in [-0.05, 0) is 30.5 Å². The van der Waals surface area contributed by atoms with Gasteiger partial charge in [-0.15, -0.1) is 0 Å². The molecule has 0 aliphatic carbocycles. The first-order valence-corrected chi connectivity index (χ1v) is 9.03. The minimum atomic E-state index is 1.09. The van der Waals surface area contributed by atoms with Gasteiger partial charge in [0, 0.05) is 0 Å². The van der Waals surface area contributed by atoms with Gasteiger partial charge in [-0.3, -0.25) is 0 Å². The molecule has 0 aromatic carbocycles. The summed E-state index contributed by atoms with van der Waals surface area (Å²) < 4.78 is 0. The average molecular weight is 284 g/mol. The standard InChI is InChI=1S/C18H35S/c1-3-5-7-9-10-11-13-15-17-18(19)16-14-12-8-6-4-2/h2-17H2,1H3. The van der Waals surface area contributed by atoms with Gasteiger partial charge in [0.15, 0.2) is 0 Å². The molecule has 0 aromatic heterocycles. The Bertz CT molecular complexity index is 186. The fraction of sp³-hybridized carbons (Fsp3) is 0.889. The van der Waals surface area contributed by atoms with Gasteiger partial charge < -0.3 is 0 Å². The molecule has 1 heteroatoms. The Kier molecular flexibility index (Phi) is 16.2. The van der Waals surface area contributed by atoms with Crippen molar-refractivity contribution < 1.29 is 0 Å². The second-order valence-electron chi connectivity index (χ2n) is 5.78. The first-order chi connectivity index (χ1) is 9.31. The van der Waals surface area contributed by atoms with Crippen LogP contribution in [0.4, 0.5) is 0 Å². The first kappa shape index (κ1) is 19.1. The molecule has 0 spiro atoms. The summed E-state index contributed by atoms with van der Waals surface area (Å²) in [5.41, 5.74) is 0. The quantitative estimate of drug-likeness (QED) is 0.229. The third-order valence-electron chi connectivity index (χ3n) is 3.76. The van der Waals surface area contributed by atoms with E-state index >= 15 is 0 Å². The number of thiocarbonyl (C=S) groups is 1. The second-order valence-corrected chi connectivity index (χ2v) is 6.36. The van der Waals surface area contributed by atoms with Crippen LogP contribution in [0, 0.1) is 6.92 Å². The van der Waals surface area contributed by atoms with E-state index in [9.17, 15) is 0 Å². The van der Waals surface area contributed by atoms with Crippen LogP contribution in [0.5, 0.6) is 0 Å². The summed E-state index contributed by atoms with van der Waals surface area (Å²) in [4.78, 5) is 1.32. The molecule has 19 heavy (non-hydrogen) atoms. The molecule has 0 aliphatic rings. The molecule has 0 aromatic rings. The highest BCUT2D eigenvalue weighted by molar-refractivity contribution is 7.80. The normalized spacial score (nSPS) is 10.8. The van der Waals surface area contributed by atoms with Gasteiger partial charge in [0.1, 0.15) is 0 Å². The van der Waals surface area contributed by atoms with Gasteiger partial charge in [-0.1, -0.05) is 96.7 Å². The summed E-state index contributed by atoms with van der Waals surface area (Å²) in [5.74, 6) is 0. The van der Waals surface area contributed by atoms with Gasteiger partial charge in [-0.2, -0.15) is 0 Å². The Morgan fingerprint density at radius 3 is 1.58 bits per heavy atom. The zero-order valence-electron chi connectivity index (χ0n) is 13.2. The Labute approximate surface area is 127 Å². The van der Waals surface area contributed by atoms with Crippen molar-refractivity contribution in [2.45, 2.75) is 103 Å². The lowest BCUT2D eigenvalue weighted by Crippen LogP contribution is -1.95. The third-order valence-corrected chi connectivity index (χ3v) is 4.17. The Balaban J connectivity index is 3.12. The van der Waals surface area contributed by atoms with Crippen molar-refractivity contribution in [1.29, 1.82) is 0 Å². The molecule has 0 N–H and O–H groups in total. The summed E-state index contributed by atoms with van der Waals surface area (Å²) in [5, 5.41) is 0. The van der Waals surface area contributed by atoms with Crippen molar-refractivity contribution in [3.63, 3.8) is 0 Å². The highest BCUT2D eigenvalue weighted by Crippen LogP contribution is 2.12. The topological polar surface area (TPSA) is 0 Å². The van der Waals surface area contributed by atoms with Gasteiger partial charge in [0.25, 0.3) is 0 Å². The molecule has 0 aliphatic heterocycles. The highest BCUT2D eigenvalue weighted by atomic mass is 32.1. The summed E-state index contributed by atoms with van der Waals surface area (Å²) in [7, 11) is 0. The molecule has 0 saturated heterocycles. The molecule has 0 nitrogen and oxygen atoms in total. The van der Waals surface area contributed by atoms with Gasteiger partial charge in [0.2, 0.25) is 0 Å². The fourth-order valence-electron chi connectivity index (χ4n) is 2.43. The minimum absolute atomic E-state index is 1.09. The lowest BCUT2D eigenvalue weighted by Gasteiger charge is -2.04. The van der Waals surface area contributed by atoms with Crippen molar-refractivity contribution in [3.8, 4) is 0 Å². The molecule has 113 valence electrons. The van der Waals surface area contributed by atoms with Crippen LogP contribution in [0.25, 0.3) is 0 Å². The predicted octanol–water partition coefficient (Wildman–Crippen LogP) is 7.06. The highest BCUT2D eigenvalue weighted by Gasteiger charge is 1.98. The van der Waals surface area contributed by atoms with E-state index in [0.717, 1.165) is 6.42 Å². The van der Waals surface area contributed by atoms with Crippen LogP contribution in [0.15, 0.2) is 0 Å². The van der Waals surface area contributed by atoms with Gasteiger partial charge in [-0.25, -0.2) is 0 Å². The number of hydrogen-bond acceptors (Lipinski definition) is 1. The zero-order chi connectivity index (χ0) is 14.2. The number of unbranched alkanes of at least 4 members (excludes halogenated alkanes) is 11. The van der Waals surface area contributed by atoms with Gasteiger partial charge in [0.05, 0.1) is 0 Å². The van der Waals surface area contributed by atoms with E-state index in [1.165, 1.54) is 94.8 Å². The number of hydrogen-bond donors (Lipinski definition) is 0. The molecular formula is C18H35S. The van der Waals surface area contributed by atoms with Crippen LogP contribution in [-0.2, 0) is 0 Å². The molecule has 0 unspecified atom stereocenters. The summed E-state index contributed by atoms with van der Waals surface area (Å²) in [6.07, 6.45) is 19.9. The van der Waals surface area contributed by atoms with E-state index in [0.29, 0.717) is 0 Å². The maximum atomic E-state index is 5.45. The molecule has 0 atom stereocenters. The lowest BCUT2D eigenvalue weighted by atomic mass is 10.0. The van der Waals surface area contributed by atoms with Gasteiger partial charge >= 0.3 is 0 Å². The van der Waals surface area contributed by atoms with Crippen molar-refractivity contribution in [2.24, 2.45) is 0 Å². The minimum Gasteiger partial charge on any atom is -0.0897 e. The van der Waals surface area contributed by atoms with E-state index in [-0.39, 0.29) is 0 Å². The van der Waals surface area contributed by atoms with Crippen molar-refractivity contribution in [2.75, 3.05) is 0 Å². The van der Waals surface area contributed by atoms with Crippen LogP contribution in [0.1, 0.15) is 103 Å². The van der Waals surface area contributed by atoms with Crippen LogP contribution in [0.2, 0.25) is 0 Å². The maximum absolute atomic E-state index is 5.45. The Hall–Kier alpha value is 0.0900. The largest absolute Gasteiger partial charge is 0.0897 e. The average Bonchev–Trinajstić information content (AvgIpc) is 2.41. The van der Waals surface area contributed by atoms with Crippen LogP contribution < -0.4 is 0 Å². The lowest BCUT2D eigenvalue weighted by molar-refractivity contribution is 0.579. The SMILES string of the molecule is [CH2]CCCCCCC(=S)CCCCCCCCCC. The van der Waals surface area contributed by atoms with E-state index < -0.39 is 0 Å². The monoisotopic (exact) mass is 283 g/mol. The third kappa shape index (κ3) is 16.0.